The second-order valence-electron chi connectivity index (χ2n) is 12.1. The van der Waals surface area contributed by atoms with Crippen LogP contribution < -0.4 is 9.64 Å². The zero-order valence-corrected chi connectivity index (χ0v) is 25.7. The van der Waals surface area contributed by atoms with E-state index in [-0.39, 0.29) is 46.4 Å². The lowest BCUT2D eigenvalue weighted by Gasteiger charge is -2.55. The largest absolute Gasteiger partial charge is 0.468 e. The molecule has 1 amide bonds. The number of ether oxygens (including phenoxy) is 3. The molecule has 0 saturated carbocycles. The molecule has 230 valence electrons. The van der Waals surface area contributed by atoms with Crippen molar-refractivity contribution in [3.05, 3.63) is 72.0 Å². The number of aromatic nitrogens is 2. The predicted octanol–water partition coefficient (Wildman–Crippen LogP) is 7.51. The maximum Gasteiger partial charge on any atom is 0.410 e. The van der Waals surface area contributed by atoms with Crippen LogP contribution in [0.2, 0.25) is 5.28 Å². The van der Waals surface area contributed by atoms with E-state index >= 15 is 8.78 Å². The van der Waals surface area contributed by atoms with Crippen molar-refractivity contribution in [3.8, 4) is 16.9 Å². The number of anilines is 1. The van der Waals surface area contributed by atoms with Crippen molar-refractivity contribution in [2.24, 2.45) is 0 Å². The van der Waals surface area contributed by atoms with Crippen molar-refractivity contribution in [3.63, 3.8) is 0 Å². The van der Waals surface area contributed by atoms with Crippen molar-refractivity contribution in [2.45, 2.75) is 57.3 Å². The van der Waals surface area contributed by atoms with Gasteiger partial charge in [0.25, 0.3) is 0 Å². The molecule has 1 aromatic heterocycles. The van der Waals surface area contributed by atoms with Gasteiger partial charge in [0, 0.05) is 25.1 Å². The third kappa shape index (κ3) is 5.30. The lowest BCUT2D eigenvalue weighted by atomic mass is 9.84. The Morgan fingerprint density at radius 3 is 2.64 bits per heavy atom. The highest BCUT2D eigenvalue weighted by Gasteiger charge is 2.48. The van der Waals surface area contributed by atoms with Crippen LogP contribution in [-0.4, -0.2) is 65.1 Å². The summed E-state index contributed by atoms with van der Waals surface area (Å²) in [4.78, 5) is 25.5. The molecule has 3 atom stereocenters. The fourth-order valence-electron chi connectivity index (χ4n) is 6.40. The van der Waals surface area contributed by atoms with Gasteiger partial charge in [-0.15, -0.1) is 6.58 Å². The van der Waals surface area contributed by atoms with Crippen molar-refractivity contribution in [1.82, 2.24) is 14.9 Å². The zero-order valence-electron chi connectivity index (χ0n) is 24.9. The summed E-state index contributed by atoms with van der Waals surface area (Å²) in [7, 11) is 1.49. The number of methoxy groups -OCH3 is 1. The first-order valence-electron chi connectivity index (χ1n) is 14.4. The van der Waals surface area contributed by atoms with Gasteiger partial charge in [0.2, 0.25) is 5.28 Å². The Bertz CT molecular complexity index is 1780. The summed E-state index contributed by atoms with van der Waals surface area (Å²) in [6, 6.07) is 11.0. The molecular weight excluding hydrogens is 590 g/mol. The topological polar surface area (TPSA) is 77.0 Å². The van der Waals surface area contributed by atoms with Crippen LogP contribution in [0.1, 0.15) is 33.6 Å². The molecule has 0 radical (unpaired) electrons. The minimum atomic E-state index is -0.868. The smallest absolute Gasteiger partial charge is 0.410 e. The van der Waals surface area contributed by atoms with Crippen molar-refractivity contribution in [2.75, 3.05) is 25.3 Å². The Morgan fingerprint density at radius 2 is 1.91 bits per heavy atom. The van der Waals surface area contributed by atoms with Gasteiger partial charge in [-0.05, 0) is 79.7 Å². The van der Waals surface area contributed by atoms with Gasteiger partial charge < -0.3 is 24.0 Å². The van der Waals surface area contributed by atoms with Gasteiger partial charge in [0.15, 0.2) is 12.6 Å². The molecule has 3 saturated heterocycles. The first-order chi connectivity index (χ1) is 21.0. The Balaban J connectivity index is 1.48. The molecule has 0 spiro atoms. The number of piperazine rings is 1. The lowest BCUT2D eigenvalue weighted by Crippen LogP contribution is -2.69. The van der Waals surface area contributed by atoms with E-state index in [1.165, 1.54) is 13.2 Å². The molecule has 0 N–H and O–H groups in total. The molecule has 4 heterocycles. The number of hydrogen-bond donors (Lipinski definition) is 0. The van der Waals surface area contributed by atoms with E-state index in [1.54, 1.807) is 35.2 Å². The summed E-state index contributed by atoms with van der Waals surface area (Å²) >= 11 is 6.42. The van der Waals surface area contributed by atoms with Crippen LogP contribution in [0.3, 0.4) is 0 Å². The highest BCUT2D eigenvalue weighted by Crippen LogP contribution is 2.43. The van der Waals surface area contributed by atoms with E-state index in [9.17, 15) is 4.79 Å². The first-order valence-corrected chi connectivity index (χ1v) is 14.8. The van der Waals surface area contributed by atoms with Gasteiger partial charge in [-0.25, -0.2) is 18.6 Å². The van der Waals surface area contributed by atoms with Gasteiger partial charge >= 0.3 is 6.09 Å². The molecule has 0 aliphatic carbocycles. The van der Waals surface area contributed by atoms with Crippen LogP contribution in [0.25, 0.3) is 32.8 Å². The quantitative estimate of drug-likeness (QED) is 0.125. The number of amides is 1. The Labute approximate surface area is 259 Å². The minimum absolute atomic E-state index is 0.0273. The molecule has 8 nitrogen and oxygen atoms in total. The third-order valence-corrected chi connectivity index (χ3v) is 8.28. The Hall–Kier alpha value is -4.02. The first kappa shape index (κ1) is 30.0. The molecule has 1 unspecified atom stereocenters. The number of halogens is 3. The van der Waals surface area contributed by atoms with E-state index in [2.05, 4.69) is 16.5 Å². The number of hydrogen-bond acceptors (Lipinski definition) is 7. The average molecular weight is 623 g/mol. The van der Waals surface area contributed by atoms with Crippen LogP contribution >= 0.6 is 11.6 Å². The van der Waals surface area contributed by atoms with Crippen LogP contribution in [0.15, 0.2) is 55.1 Å². The standard InChI is InChI=1S/C33H33ClF2N4O4/c1-6-25-26-12-11-19(16-39(26)32(41)44-33(2,3)4)40(25)30-23-15-24(35)27(28(36)29(23)37-31(34)38-30)22-14-20(43-17-42-5)13-18-9-7-8-10-21(18)22/h6-10,13-15,19,25-26H,1,11-12,16-17H2,2-5H3/t19-,25?,26-/m0/s1. The van der Waals surface area contributed by atoms with E-state index in [0.29, 0.717) is 23.2 Å². The van der Waals surface area contributed by atoms with Gasteiger partial charge in [-0.2, -0.15) is 4.98 Å². The SMILES string of the molecule is C=CC1[C@@H]2CC[C@@H](CN2C(=O)OC(C)(C)C)N1c1nc(Cl)nc2c(F)c(-c3cc(OCOC)cc4ccccc34)c(F)cc12. The number of nitrogens with zero attached hydrogens (tertiary/aromatic N) is 4. The van der Waals surface area contributed by atoms with Crippen LogP contribution in [0.4, 0.5) is 19.4 Å². The van der Waals surface area contributed by atoms with Crippen molar-refractivity contribution in [1.29, 1.82) is 0 Å². The third-order valence-electron chi connectivity index (χ3n) is 8.11. The highest BCUT2D eigenvalue weighted by molar-refractivity contribution is 6.29. The predicted molar refractivity (Wildman–Crippen MR) is 166 cm³/mol. The molecule has 3 fully saturated rings. The summed E-state index contributed by atoms with van der Waals surface area (Å²) in [6.07, 6.45) is 2.78. The minimum Gasteiger partial charge on any atom is -0.468 e. The average Bonchev–Trinajstić information content (AvgIpc) is 2.99. The van der Waals surface area contributed by atoms with Crippen LogP contribution in [-0.2, 0) is 9.47 Å². The maximum atomic E-state index is 16.6. The van der Waals surface area contributed by atoms with Gasteiger partial charge in [-0.1, -0.05) is 30.3 Å². The molecule has 3 aliphatic heterocycles. The summed E-state index contributed by atoms with van der Waals surface area (Å²) in [5, 5.41) is 1.37. The number of carbonyl (C=O) groups excluding carboxylic acids is 1. The summed E-state index contributed by atoms with van der Waals surface area (Å²) < 4.78 is 49.2. The highest BCUT2D eigenvalue weighted by atomic mass is 35.5. The van der Waals surface area contributed by atoms with Crippen molar-refractivity contribution < 1.29 is 27.8 Å². The molecule has 7 rings (SSSR count). The van der Waals surface area contributed by atoms with Gasteiger partial charge in [-0.3, -0.25) is 0 Å². The van der Waals surface area contributed by atoms with Gasteiger partial charge in [0.05, 0.1) is 17.6 Å². The molecule has 2 bridgehead atoms. The molecule has 3 aromatic carbocycles. The normalized spacial score (nSPS) is 19.9. The zero-order chi connectivity index (χ0) is 31.3. The van der Waals surface area contributed by atoms with Gasteiger partial charge in [0.1, 0.15) is 28.5 Å². The number of carbonyl (C=O) groups is 1. The maximum absolute atomic E-state index is 16.6. The Morgan fingerprint density at radius 1 is 1.14 bits per heavy atom. The summed E-state index contributed by atoms with van der Waals surface area (Å²) in [5.41, 5.74) is -0.719. The fourth-order valence-corrected chi connectivity index (χ4v) is 6.56. The number of piperidine rings is 2. The van der Waals surface area contributed by atoms with Crippen LogP contribution in [0, 0.1) is 11.6 Å². The fraction of sp³-hybridized carbons (Fsp3) is 0.364. The molecule has 4 aromatic rings. The number of fused-ring (bicyclic) bond motifs is 5. The van der Waals surface area contributed by atoms with E-state index in [4.69, 9.17) is 25.8 Å². The summed E-state index contributed by atoms with van der Waals surface area (Å²) in [6.45, 7) is 9.83. The summed E-state index contributed by atoms with van der Waals surface area (Å²) in [5.74, 6) is -0.973. The Kier molecular flexibility index (Phi) is 7.83. The molecule has 11 heteroatoms. The number of benzene rings is 3. The van der Waals surface area contributed by atoms with E-state index < -0.39 is 29.4 Å². The number of rotatable bonds is 6. The molecule has 3 aliphatic rings. The molecular formula is C33H33ClF2N4O4. The second-order valence-corrected chi connectivity index (χ2v) is 12.4. The van der Waals surface area contributed by atoms with E-state index in [0.717, 1.165) is 18.2 Å². The monoisotopic (exact) mass is 622 g/mol. The lowest BCUT2D eigenvalue weighted by molar-refractivity contribution is -0.00432. The van der Waals surface area contributed by atoms with Crippen molar-refractivity contribution >= 4 is 45.2 Å². The van der Waals surface area contributed by atoms with E-state index in [1.807, 2.05) is 37.8 Å². The van der Waals surface area contributed by atoms with Crippen LogP contribution in [0.5, 0.6) is 5.75 Å². The molecule has 44 heavy (non-hydrogen) atoms. The second kappa shape index (κ2) is 11.5.